The van der Waals surface area contributed by atoms with Gasteiger partial charge < -0.3 is 10.4 Å². The second-order valence-corrected chi connectivity index (χ2v) is 4.74. The van der Waals surface area contributed by atoms with Crippen molar-refractivity contribution >= 4 is 34.2 Å². The Kier molecular flexibility index (Phi) is 2.56. The first kappa shape index (κ1) is 10.6. The second-order valence-electron chi connectivity index (χ2n) is 3.50. The second kappa shape index (κ2) is 3.61. The SMILES string of the molecule is C=CCC1(O)C(=O)Nc2ccc(I)cc21. The molecule has 1 unspecified atom stereocenters. The number of benzene rings is 1. The van der Waals surface area contributed by atoms with Crippen LogP contribution in [0.5, 0.6) is 0 Å². The lowest BCUT2D eigenvalue weighted by Crippen LogP contribution is -2.33. The lowest BCUT2D eigenvalue weighted by molar-refractivity contribution is -0.133. The van der Waals surface area contributed by atoms with Gasteiger partial charge in [-0.25, -0.2) is 0 Å². The predicted molar refractivity (Wildman–Crippen MR) is 66.5 cm³/mol. The summed E-state index contributed by atoms with van der Waals surface area (Å²) in [4.78, 5) is 11.6. The molecule has 0 saturated heterocycles. The minimum Gasteiger partial charge on any atom is -0.375 e. The van der Waals surface area contributed by atoms with Crippen LogP contribution in [0.25, 0.3) is 0 Å². The Morgan fingerprint density at radius 3 is 3.00 bits per heavy atom. The molecule has 3 nitrogen and oxygen atoms in total. The summed E-state index contributed by atoms with van der Waals surface area (Å²) in [5.74, 6) is -0.376. The van der Waals surface area contributed by atoms with E-state index in [1.54, 1.807) is 12.1 Å². The molecule has 0 saturated carbocycles. The van der Waals surface area contributed by atoms with Gasteiger partial charge >= 0.3 is 0 Å². The molecule has 1 aromatic carbocycles. The standard InChI is InChI=1S/C11H10INO2/c1-2-5-11(15)8-6-7(12)3-4-9(8)13-10(11)14/h2-4,6,15H,1,5H2,(H,13,14). The third-order valence-corrected chi connectivity index (χ3v) is 3.16. The number of fused-ring (bicyclic) bond motifs is 1. The maximum absolute atomic E-state index is 11.6. The van der Waals surface area contributed by atoms with Crippen molar-refractivity contribution in [3.8, 4) is 0 Å². The van der Waals surface area contributed by atoms with E-state index < -0.39 is 5.60 Å². The van der Waals surface area contributed by atoms with Gasteiger partial charge in [0, 0.05) is 21.2 Å². The Morgan fingerprint density at radius 1 is 1.60 bits per heavy atom. The smallest absolute Gasteiger partial charge is 0.261 e. The molecule has 2 N–H and O–H groups in total. The minimum absolute atomic E-state index is 0.228. The first-order valence-electron chi connectivity index (χ1n) is 4.52. The van der Waals surface area contributed by atoms with Gasteiger partial charge in [-0.3, -0.25) is 4.79 Å². The van der Waals surface area contributed by atoms with E-state index in [1.165, 1.54) is 0 Å². The minimum atomic E-state index is -1.45. The van der Waals surface area contributed by atoms with Crippen LogP contribution in [0.3, 0.4) is 0 Å². The molecule has 1 aliphatic heterocycles. The molecule has 0 spiro atoms. The zero-order chi connectivity index (χ0) is 11.1. The van der Waals surface area contributed by atoms with E-state index in [2.05, 4.69) is 34.5 Å². The molecule has 0 aromatic heterocycles. The predicted octanol–water partition coefficient (Wildman–Crippen LogP) is 2.01. The summed E-state index contributed by atoms with van der Waals surface area (Å²) in [6.45, 7) is 3.56. The molecule has 2 rings (SSSR count). The fourth-order valence-corrected chi connectivity index (χ4v) is 2.22. The highest BCUT2D eigenvalue weighted by Gasteiger charge is 2.44. The number of aliphatic hydroxyl groups is 1. The number of hydrogen-bond acceptors (Lipinski definition) is 2. The van der Waals surface area contributed by atoms with Crippen LogP contribution in [0.2, 0.25) is 0 Å². The number of halogens is 1. The summed E-state index contributed by atoms with van der Waals surface area (Å²) in [6.07, 6.45) is 1.78. The van der Waals surface area contributed by atoms with Crippen LogP contribution in [-0.2, 0) is 10.4 Å². The summed E-state index contributed by atoms with van der Waals surface area (Å²) in [5.41, 5.74) is -0.123. The molecule has 15 heavy (non-hydrogen) atoms. The Morgan fingerprint density at radius 2 is 2.33 bits per heavy atom. The number of anilines is 1. The molecular weight excluding hydrogens is 305 g/mol. The van der Waals surface area contributed by atoms with Crippen LogP contribution in [-0.4, -0.2) is 11.0 Å². The summed E-state index contributed by atoms with van der Waals surface area (Å²) in [6, 6.07) is 5.51. The van der Waals surface area contributed by atoms with Gasteiger partial charge in [0.25, 0.3) is 5.91 Å². The van der Waals surface area contributed by atoms with E-state index >= 15 is 0 Å². The third kappa shape index (κ3) is 1.57. The zero-order valence-corrected chi connectivity index (χ0v) is 10.1. The number of carbonyl (C=O) groups is 1. The van der Waals surface area contributed by atoms with E-state index in [0.717, 1.165) is 3.57 Å². The van der Waals surface area contributed by atoms with E-state index in [0.29, 0.717) is 11.3 Å². The van der Waals surface area contributed by atoms with Crippen LogP contribution in [0.15, 0.2) is 30.9 Å². The van der Waals surface area contributed by atoms with Crippen molar-refractivity contribution < 1.29 is 9.90 Å². The van der Waals surface area contributed by atoms with Crippen LogP contribution < -0.4 is 5.32 Å². The molecule has 0 radical (unpaired) electrons. The van der Waals surface area contributed by atoms with Gasteiger partial charge in [-0.15, -0.1) is 6.58 Å². The van der Waals surface area contributed by atoms with Gasteiger partial charge in [0.1, 0.15) is 0 Å². The van der Waals surface area contributed by atoms with E-state index in [1.807, 2.05) is 12.1 Å². The first-order valence-corrected chi connectivity index (χ1v) is 5.60. The van der Waals surface area contributed by atoms with Crippen molar-refractivity contribution in [1.29, 1.82) is 0 Å². The average molecular weight is 315 g/mol. The fourth-order valence-electron chi connectivity index (χ4n) is 1.73. The normalized spacial score (nSPS) is 23.5. The Hall–Kier alpha value is -0.880. The molecule has 4 heteroatoms. The third-order valence-electron chi connectivity index (χ3n) is 2.49. The average Bonchev–Trinajstić information content (AvgIpc) is 2.42. The summed E-state index contributed by atoms with van der Waals surface area (Å²) >= 11 is 2.15. The Balaban J connectivity index is 2.57. The number of rotatable bonds is 2. The highest BCUT2D eigenvalue weighted by Crippen LogP contribution is 2.39. The molecule has 1 atom stereocenters. The molecule has 1 heterocycles. The van der Waals surface area contributed by atoms with Crippen LogP contribution in [0.1, 0.15) is 12.0 Å². The topological polar surface area (TPSA) is 49.3 Å². The molecule has 0 bridgehead atoms. The van der Waals surface area contributed by atoms with Crippen molar-refractivity contribution in [3.63, 3.8) is 0 Å². The van der Waals surface area contributed by atoms with E-state index in [-0.39, 0.29) is 12.3 Å². The first-order chi connectivity index (χ1) is 7.08. The number of nitrogens with one attached hydrogen (secondary N) is 1. The van der Waals surface area contributed by atoms with Gasteiger partial charge in [0.2, 0.25) is 0 Å². The number of carbonyl (C=O) groups excluding carboxylic acids is 1. The Bertz CT molecular complexity index is 444. The van der Waals surface area contributed by atoms with Gasteiger partial charge in [-0.05, 0) is 40.8 Å². The lowest BCUT2D eigenvalue weighted by atomic mass is 9.92. The van der Waals surface area contributed by atoms with E-state index in [9.17, 15) is 9.90 Å². The fraction of sp³-hybridized carbons (Fsp3) is 0.182. The van der Waals surface area contributed by atoms with Crippen LogP contribution in [0.4, 0.5) is 5.69 Å². The maximum atomic E-state index is 11.6. The molecular formula is C11H10INO2. The van der Waals surface area contributed by atoms with Crippen molar-refractivity contribution in [3.05, 3.63) is 40.0 Å². The molecule has 78 valence electrons. The van der Waals surface area contributed by atoms with E-state index in [4.69, 9.17) is 0 Å². The monoisotopic (exact) mass is 315 g/mol. The lowest BCUT2D eigenvalue weighted by Gasteiger charge is -2.18. The zero-order valence-electron chi connectivity index (χ0n) is 7.96. The van der Waals surface area contributed by atoms with Gasteiger partial charge in [0.05, 0.1) is 0 Å². The van der Waals surface area contributed by atoms with Crippen molar-refractivity contribution in [2.45, 2.75) is 12.0 Å². The van der Waals surface area contributed by atoms with Gasteiger partial charge in [-0.1, -0.05) is 6.08 Å². The number of hydrogen-bond donors (Lipinski definition) is 2. The molecule has 0 fully saturated rings. The van der Waals surface area contributed by atoms with Gasteiger partial charge in [-0.2, -0.15) is 0 Å². The molecule has 0 aliphatic carbocycles. The highest BCUT2D eigenvalue weighted by atomic mass is 127. The van der Waals surface area contributed by atoms with Crippen molar-refractivity contribution in [1.82, 2.24) is 0 Å². The summed E-state index contributed by atoms with van der Waals surface area (Å²) in [7, 11) is 0. The van der Waals surface area contributed by atoms with Crippen LogP contribution >= 0.6 is 22.6 Å². The maximum Gasteiger partial charge on any atom is 0.261 e. The van der Waals surface area contributed by atoms with Crippen molar-refractivity contribution in [2.24, 2.45) is 0 Å². The quantitative estimate of drug-likeness (QED) is 0.648. The summed E-state index contributed by atoms with van der Waals surface area (Å²) < 4.78 is 0.991. The highest BCUT2D eigenvalue weighted by molar-refractivity contribution is 14.1. The molecule has 1 amide bonds. The van der Waals surface area contributed by atoms with Gasteiger partial charge in [0.15, 0.2) is 5.60 Å². The summed E-state index contributed by atoms with van der Waals surface area (Å²) in [5, 5.41) is 12.9. The van der Waals surface area contributed by atoms with Crippen molar-refractivity contribution in [2.75, 3.05) is 5.32 Å². The molecule has 1 aliphatic rings. The molecule has 1 aromatic rings. The largest absolute Gasteiger partial charge is 0.375 e. The Labute approximate surface area is 101 Å². The number of amides is 1. The van der Waals surface area contributed by atoms with Crippen LogP contribution in [0, 0.1) is 3.57 Å².